The molecule has 1 atom stereocenters. The van der Waals surface area contributed by atoms with E-state index in [0.29, 0.717) is 12.5 Å². The molecule has 26 heavy (non-hydrogen) atoms. The minimum Gasteiger partial charge on any atom is -0.339 e. The Balaban J connectivity index is 1.68. The van der Waals surface area contributed by atoms with Gasteiger partial charge in [0.05, 0.1) is 0 Å². The molecule has 1 aliphatic rings. The van der Waals surface area contributed by atoms with E-state index in [-0.39, 0.29) is 24.3 Å². The van der Waals surface area contributed by atoms with E-state index >= 15 is 0 Å². The normalized spacial score (nSPS) is 18.9. The van der Waals surface area contributed by atoms with Crippen molar-refractivity contribution >= 4 is 5.91 Å². The van der Waals surface area contributed by atoms with Gasteiger partial charge >= 0.3 is 0 Å². The highest BCUT2D eigenvalue weighted by Gasteiger charge is 2.29. The molecule has 0 N–H and O–H groups in total. The molecule has 1 saturated heterocycles. The van der Waals surface area contributed by atoms with E-state index in [2.05, 4.69) is 28.8 Å². The Morgan fingerprint density at radius 3 is 2.69 bits per heavy atom. The SMILES string of the molecule is CC(C)C1CN(C(=O)Cn2cncn2)CCCN1Cc1ccc(F)cc1. The van der Waals surface area contributed by atoms with Crippen molar-refractivity contribution in [3.63, 3.8) is 0 Å². The van der Waals surface area contributed by atoms with Gasteiger partial charge in [-0.3, -0.25) is 9.69 Å². The van der Waals surface area contributed by atoms with Gasteiger partial charge < -0.3 is 4.90 Å². The zero-order valence-electron chi connectivity index (χ0n) is 15.4. The minimum atomic E-state index is -0.213. The second-order valence-corrected chi connectivity index (χ2v) is 7.19. The number of amides is 1. The molecular formula is C19H26FN5O. The molecule has 1 fully saturated rings. The molecule has 1 amide bonds. The van der Waals surface area contributed by atoms with Crippen LogP contribution in [0, 0.1) is 11.7 Å². The number of benzene rings is 1. The molecule has 7 heteroatoms. The molecule has 0 spiro atoms. The van der Waals surface area contributed by atoms with Crippen LogP contribution in [0.1, 0.15) is 25.8 Å². The Hall–Kier alpha value is -2.28. The molecule has 2 aromatic rings. The lowest BCUT2D eigenvalue weighted by atomic mass is 10.0. The molecule has 0 bridgehead atoms. The van der Waals surface area contributed by atoms with Gasteiger partial charge in [0.1, 0.15) is 25.0 Å². The van der Waals surface area contributed by atoms with Gasteiger partial charge in [0, 0.05) is 32.2 Å². The summed E-state index contributed by atoms with van der Waals surface area (Å²) >= 11 is 0. The van der Waals surface area contributed by atoms with E-state index in [1.54, 1.807) is 11.0 Å². The summed E-state index contributed by atoms with van der Waals surface area (Å²) in [4.78, 5) is 20.9. The number of carbonyl (C=O) groups is 1. The minimum absolute atomic E-state index is 0.0739. The van der Waals surface area contributed by atoms with Crippen molar-refractivity contribution in [2.24, 2.45) is 5.92 Å². The molecule has 1 aromatic heterocycles. The average Bonchev–Trinajstić information content (AvgIpc) is 3.02. The van der Waals surface area contributed by atoms with E-state index in [9.17, 15) is 9.18 Å². The molecule has 2 heterocycles. The fourth-order valence-corrected chi connectivity index (χ4v) is 3.50. The van der Waals surface area contributed by atoms with Crippen LogP contribution >= 0.6 is 0 Å². The Kier molecular flexibility index (Phi) is 5.98. The van der Waals surface area contributed by atoms with Gasteiger partial charge in [-0.15, -0.1) is 0 Å². The van der Waals surface area contributed by atoms with Crippen molar-refractivity contribution in [1.29, 1.82) is 0 Å². The van der Waals surface area contributed by atoms with Crippen LogP contribution in [0.3, 0.4) is 0 Å². The molecule has 6 nitrogen and oxygen atoms in total. The molecule has 0 radical (unpaired) electrons. The van der Waals surface area contributed by atoms with E-state index in [0.717, 1.165) is 31.6 Å². The first kappa shape index (κ1) is 18.5. The summed E-state index contributed by atoms with van der Waals surface area (Å²) in [5.41, 5.74) is 1.10. The zero-order chi connectivity index (χ0) is 18.5. The van der Waals surface area contributed by atoms with Crippen LogP contribution in [0.25, 0.3) is 0 Å². The Bertz CT molecular complexity index is 701. The highest BCUT2D eigenvalue weighted by molar-refractivity contribution is 5.76. The van der Waals surface area contributed by atoms with Crippen molar-refractivity contribution in [3.05, 3.63) is 48.3 Å². The highest BCUT2D eigenvalue weighted by Crippen LogP contribution is 2.20. The van der Waals surface area contributed by atoms with Crippen LogP contribution in [0.5, 0.6) is 0 Å². The van der Waals surface area contributed by atoms with Crippen molar-refractivity contribution < 1.29 is 9.18 Å². The predicted octanol–water partition coefficient (Wildman–Crippen LogP) is 2.18. The van der Waals surface area contributed by atoms with Gasteiger partial charge in [0.15, 0.2) is 0 Å². The summed E-state index contributed by atoms with van der Waals surface area (Å²) in [6.45, 7) is 7.74. The molecule has 0 aliphatic carbocycles. The summed E-state index contributed by atoms with van der Waals surface area (Å²) in [7, 11) is 0. The number of halogens is 1. The molecule has 1 unspecified atom stereocenters. The first-order chi connectivity index (χ1) is 12.5. The molecule has 0 saturated carbocycles. The van der Waals surface area contributed by atoms with E-state index in [4.69, 9.17) is 0 Å². The second kappa shape index (κ2) is 8.40. The number of carbonyl (C=O) groups excluding carboxylic acids is 1. The standard InChI is InChI=1S/C19H26FN5O/c1-15(2)18-11-24(19(26)12-25-14-21-13-22-25)9-3-8-23(18)10-16-4-6-17(20)7-5-16/h4-7,13-15,18H,3,8-12H2,1-2H3. The van der Waals surface area contributed by atoms with Crippen LogP contribution in [0.2, 0.25) is 0 Å². The largest absolute Gasteiger partial charge is 0.339 e. The van der Waals surface area contributed by atoms with Crippen LogP contribution in [0.4, 0.5) is 4.39 Å². The average molecular weight is 359 g/mol. The third kappa shape index (κ3) is 4.66. The smallest absolute Gasteiger partial charge is 0.244 e. The van der Waals surface area contributed by atoms with Crippen molar-refractivity contribution in [2.45, 2.75) is 39.4 Å². The number of nitrogens with zero attached hydrogens (tertiary/aromatic N) is 5. The maximum Gasteiger partial charge on any atom is 0.244 e. The van der Waals surface area contributed by atoms with Gasteiger partial charge in [-0.25, -0.2) is 14.1 Å². The second-order valence-electron chi connectivity index (χ2n) is 7.19. The quantitative estimate of drug-likeness (QED) is 0.821. The summed E-state index contributed by atoms with van der Waals surface area (Å²) in [5, 5.41) is 4.02. The maximum absolute atomic E-state index is 13.2. The number of aromatic nitrogens is 3. The third-order valence-electron chi connectivity index (χ3n) is 4.93. The Morgan fingerprint density at radius 1 is 1.27 bits per heavy atom. The lowest BCUT2D eigenvalue weighted by molar-refractivity contribution is -0.132. The van der Waals surface area contributed by atoms with E-state index in [1.807, 2.05) is 17.0 Å². The van der Waals surface area contributed by atoms with Crippen LogP contribution in [0.15, 0.2) is 36.9 Å². The topological polar surface area (TPSA) is 54.3 Å². The van der Waals surface area contributed by atoms with Crippen molar-refractivity contribution in [2.75, 3.05) is 19.6 Å². The number of hydrogen-bond acceptors (Lipinski definition) is 4. The fraction of sp³-hybridized carbons (Fsp3) is 0.526. The summed E-state index contributed by atoms with van der Waals surface area (Å²) in [5.74, 6) is 0.273. The third-order valence-corrected chi connectivity index (χ3v) is 4.93. The molecule has 1 aromatic carbocycles. The number of hydrogen-bond donors (Lipinski definition) is 0. The first-order valence-electron chi connectivity index (χ1n) is 9.11. The van der Waals surface area contributed by atoms with Crippen LogP contribution in [-0.4, -0.2) is 56.1 Å². The molecule has 1 aliphatic heterocycles. The van der Waals surface area contributed by atoms with Gasteiger partial charge in [0.25, 0.3) is 0 Å². The summed E-state index contributed by atoms with van der Waals surface area (Å²) < 4.78 is 14.7. The summed E-state index contributed by atoms with van der Waals surface area (Å²) in [6, 6.07) is 6.95. The maximum atomic E-state index is 13.2. The lowest BCUT2D eigenvalue weighted by Gasteiger charge is -2.34. The summed E-state index contributed by atoms with van der Waals surface area (Å²) in [6.07, 6.45) is 3.93. The van der Waals surface area contributed by atoms with Crippen molar-refractivity contribution in [3.8, 4) is 0 Å². The van der Waals surface area contributed by atoms with Crippen LogP contribution in [-0.2, 0) is 17.9 Å². The monoisotopic (exact) mass is 359 g/mol. The molecule has 140 valence electrons. The first-order valence-corrected chi connectivity index (χ1v) is 9.11. The predicted molar refractivity (Wildman–Crippen MR) is 96.7 cm³/mol. The molecular weight excluding hydrogens is 333 g/mol. The van der Waals surface area contributed by atoms with E-state index in [1.165, 1.54) is 18.5 Å². The fourth-order valence-electron chi connectivity index (χ4n) is 3.50. The highest BCUT2D eigenvalue weighted by atomic mass is 19.1. The lowest BCUT2D eigenvalue weighted by Crippen LogP contribution is -2.46. The van der Waals surface area contributed by atoms with Gasteiger partial charge in [-0.05, 0) is 30.0 Å². The van der Waals surface area contributed by atoms with Gasteiger partial charge in [-0.1, -0.05) is 26.0 Å². The zero-order valence-corrected chi connectivity index (χ0v) is 15.4. The van der Waals surface area contributed by atoms with Crippen LogP contribution < -0.4 is 0 Å². The van der Waals surface area contributed by atoms with Crippen molar-refractivity contribution in [1.82, 2.24) is 24.6 Å². The Morgan fingerprint density at radius 2 is 2.04 bits per heavy atom. The van der Waals surface area contributed by atoms with E-state index < -0.39 is 0 Å². The Labute approximate surface area is 153 Å². The molecule has 3 rings (SSSR count). The number of rotatable bonds is 5. The van der Waals surface area contributed by atoms with Gasteiger partial charge in [-0.2, -0.15) is 5.10 Å². The van der Waals surface area contributed by atoms with Gasteiger partial charge in [0.2, 0.25) is 5.91 Å².